The van der Waals surface area contributed by atoms with Crippen molar-refractivity contribution in [1.82, 2.24) is 4.98 Å². The van der Waals surface area contributed by atoms with E-state index < -0.39 is 24.5 Å². The van der Waals surface area contributed by atoms with E-state index in [1.165, 1.54) is 6.20 Å². The van der Waals surface area contributed by atoms with Crippen molar-refractivity contribution in [3.63, 3.8) is 0 Å². The Hall–Kier alpha value is -2.48. The lowest BCUT2D eigenvalue weighted by Crippen LogP contribution is -2.34. The lowest BCUT2D eigenvalue weighted by atomic mass is 10.0. The Morgan fingerprint density at radius 2 is 2.16 bits per heavy atom. The summed E-state index contributed by atoms with van der Waals surface area (Å²) in [5, 5.41) is 10.3. The Morgan fingerprint density at radius 1 is 1.40 bits per heavy atom. The number of ether oxygens (including phenoxy) is 3. The van der Waals surface area contributed by atoms with Crippen LogP contribution in [0.3, 0.4) is 0 Å². The number of aliphatic hydroxyl groups is 1. The molecule has 1 saturated heterocycles. The quantitative estimate of drug-likeness (QED) is 0.636. The van der Waals surface area contributed by atoms with Crippen LogP contribution in [0.15, 0.2) is 36.5 Å². The highest BCUT2D eigenvalue weighted by molar-refractivity contribution is 5.97. The molecule has 25 heavy (non-hydrogen) atoms. The van der Waals surface area contributed by atoms with E-state index in [2.05, 4.69) is 4.98 Å². The van der Waals surface area contributed by atoms with Gasteiger partial charge in [0.15, 0.2) is 12.6 Å². The van der Waals surface area contributed by atoms with Gasteiger partial charge in [0.1, 0.15) is 17.9 Å². The third kappa shape index (κ3) is 3.48. The maximum absolute atomic E-state index is 11.9. The molecule has 1 aliphatic rings. The van der Waals surface area contributed by atoms with Gasteiger partial charge < -0.3 is 24.3 Å². The maximum atomic E-state index is 11.9. The number of aliphatic hydroxyl groups excluding tert-OH is 1. The highest BCUT2D eigenvalue weighted by Crippen LogP contribution is 2.36. The second-order valence-corrected chi connectivity index (χ2v) is 5.57. The molecule has 132 valence electrons. The summed E-state index contributed by atoms with van der Waals surface area (Å²) < 4.78 is 16.3. The summed E-state index contributed by atoms with van der Waals surface area (Å²) >= 11 is 0. The lowest BCUT2D eigenvalue weighted by molar-refractivity contribution is -0.259. The highest BCUT2D eigenvalue weighted by atomic mass is 16.7. The molecule has 0 saturated carbocycles. The average molecular weight is 345 g/mol. The molecular weight excluding hydrogens is 326 g/mol. The maximum Gasteiger partial charge on any atom is 0.355 e. The SMILES string of the molecule is CCOC(=O)c1[nH]cc([C@@H]2O[C@H](c3ccccc3)OC[C@H]2O)c1C=O. The van der Waals surface area contributed by atoms with Crippen LogP contribution in [0.4, 0.5) is 0 Å². The first-order valence-corrected chi connectivity index (χ1v) is 7.99. The van der Waals surface area contributed by atoms with E-state index in [4.69, 9.17) is 14.2 Å². The summed E-state index contributed by atoms with van der Waals surface area (Å²) in [4.78, 5) is 26.2. The first kappa shape index (κ1) is 17.3. The molecule has 3 rings (SSSR count). The Labute approximate surface area is 144 Å². The molecule has 7 nitrogen and oxygen atoms in total. The summed E-state index contributed by atoms with van der Waals surface area (Å²) in [5.41, 5.74) is 1.37. The Bertz CT molecular complexity index is 741. The number of aldehydes is 1. The van der Waals surface area contributed by atoms with Gasteiger partial charge in [0.2, 0.25) is 0 Å². The molecule has 1 fully saturated rings. The van der Waals surface area contributed by atoms with Gasteiger partial charge in [-0.15, -0.1) is 0 Å². The zero-order chi connectivity index (χ0) is 17.8. The zero-order valence-corrected chi connectivity index (χ0v) is 13.7. The standard InChI is InChI=1S/C18H19NO6/c1-2-23-17(22)15-13(9-20)12(8-19-15)16-14(21)10-24-18(25-16)11-6-4-3-5-7-11/h3-9,14,16,18-19,21H,2,10H2,1H3/t14-,16+,18-/m1/s1. The van der Waals surface area contributed by atoms with Crippen LogP contribution in [-0.4, -0.2) is 41.7 Å². The number of carbonyl (C=O) groups is 2. The Balaban J connectivity index is 1.89. The van der Waals surface area contributed by atoms with E-state index in [1.54, 1.807) is 6.92 Å². The number of H-pyrrole nitrogens is 1. The summed E-state index contributed by atoms with van der Waals surface area (Å²) in [6.45, 7) is 1.92. The fourth-order valence-corrected chi connectivity index (χ4v) is 2.79. The van der Waals surface area contributed by atoms with E-state index >= 15 is 0 Å². The number of hydrogen-bond donors (Lipinski definition) is 2. The predicted octanol–water partition coefficient (Wildman–Crippen LogP) is 2.15. The third-order valence-corrected chi connectivity index (χ3v) is 3.97. The smallest absolute Gasteiger partial charge is 0.355 e. The van der Waals surface area contributed by atoms with Gasteiger partial charge in [-0.05, 0) is 6.92 Å². The molecule has 7 heteroatoms. The fraction of sp³-hybridized carbons (Fsp3) is 0.333. The minimum absolute atomic E-state index is 0.0441. The van der Waals surface area contributed by atoms with Crippen molar-refractivity contribution in [2.45, 2.75) is 25.4 Å². The topological polar surface area (TPSA) is 97.9 Å². The molecular formula is C18H19NO6. The minimum atomic E-state index is -0.968. The number of benzene rings is 1. The van der Waals surface area contributed by atoms with E-state index in [0.717, 1.165) is 5.56 Å². The Kier molecular flexibility index (Phi) is 5.28. The number of nitrogens with one attached hydrogen (secondary N) is 1. The molecule has 2 N–H and O–H groups in total. The van der Waals surface area contributed by atoms with Gasteiger partial charge >= 0.3 is 5.97 Å². The number of rotatable bonds is 5. The number of esters is 1. The lowest BCUT2D eigenvalue weighted by Gasteiger charge is -2.34. The minimum Gasteiger partial charge on any atom is -0.461 e. The summed E-state index contributed by atoms with van der Waals surface area (Å²) in [7, 11) is 0. The summed E-state index contributed by atoms with van der Waals surface area (Å²) in [5.74, 6) is -0.628. The summed E-state index contributed by atoms with van der Waals surface area (Å²) in [6, 6.07) is 9.28. The van der Waals surface area contributed by atoms with E-state index in [-0.39, 0.29) is 24.5 Å². The van der Waals surface area contributed by atoms with Gasteiger partial charge in [0.05, 0.1) is 18.8 Å². The van der Waals surface area contributed by atoms with Crippen LogP contribution in [-0.2, 0) is 14.2 Å². The van der Waals surface area contributed by atoms with Crippen LogP contribution >= 0.6 is 0 Å². The van der Waals surface area contributed by atoms with Gasteiger partial charge in [-0.2, -0.15) is 0 Å². The number of aromatic nitrogens is 1. The second-order valence-electron chi connectivity index (χ2n) is 5.57. The van der Waals surface area contributed by atoms with Crippen LogP contribution in [0.2, 0.25) is 0 Å². The first-order valence-electron chi connectivity index (χ1n) is 7.99. The highest BCUT2D eigenvalue weighted by Gasteiger charge is 2.36. The van der Waals surface area contributed by atoms with Gasteiger partial charge in [-0.1, -0.05) is 30.3 Å². The fourth-order valence-electron chi connectivity index (χ4n) is 2.79. The van der Waals surface area contributed by atoms with Crippen molar-refractivity contribution in [3.05, 3.63) is 58.9 Å². The van der Waals surface area contributed by atoms with Crippen molar-refractivity contribution < 1.29 is 28.9 Å². The molecule has 0 amide bonds. The van der Waals surface area contributed by atoms with E-state index in [1.807, 2.05) is 30.3 Å². The van der Waals surface area contributed by atoms with Gasteiger partial charge in [0.25, 0.3) is 0 Å². The molecule has 0 unspecified atom stereocenters. The monoisotopic (exact) mass is 345 g/mol. The predicted molar refractivity (Wildman–Crippen MR) is 87.1 cm³/mol. The molecule has 2 aromatic rings. The van der Waals surface area contributed by atoms with Crippen LogP contribution in [0.5, 0.6) is 0 Å². The molecule has 3 atom stereocenters. The molecule has 0 aliphatic carbocycles. The van der Waals surface area contributed by atoms with Crippen LogP contribution < -0.4 is 0 Å². The van der Waals surface area contributed by atoms with Crippen molar-refractivity contribution in [2.75, 3.05) is 13.2 Å². The van der Waals surface area contributed by atoms with Crippen LogP contribution in [0.1, 0.15) is 51.3 Å². The molecule has 1 aromatic heterocycles. The molecule has 0 spiro atoms. The molecule has 0 radical (unpaired) electrons. The van der Waals surface area contributed by atoms with Crippen molar-refractivity contribution >= 4 is 12.3 Å². The Morgan fingerprint density at radius 3 is 2.84 bits per heavy atom. The van der Waals surface area contributed by atoms with Gasteiger partial charge in [-0.25, -0.2) is 4.79 Å². The van der Waals surface area contributed by atoms with Crippen LogP contribution in [0, 0.1) is 0 Å². The van der Waals surface area contributed by atoms with Gasteiger partial charge in [0, 0.05) is 17.3 Å². The van der Waals surface area contributed by atoms with E-state index in [0.29, 0.717) is 11.8 Å². The molecule has 1 aliphatic heterocycles. The molecule has 0 bridgehead atoms. The number of carbonyl (C=O) groups excluding carboxylic acids is 2. The number of aromatic amines is 1. The normalized spacial score (nSPS) is 23.2. The summed E-state index contributed by atoms with van der Waals surface area (Å²) in [6.07, 6.45) is -0.406. The first-order chi connectivity index (χ1) is 12.2. The third-order valence-electron chi connectivity index (χ3n) is 3.97. The largest absolute Gasteiger partial charge is 0.461 e. The second kappa shape index (κ2) is 7.60. The van der Waals surface area contributed by atoms with E-state index in [9.17, 15) is 14.7 Å². The zero-order valence-electron chi connectivity index (χ0n) is 13.7. The van der Waals surface area contributed by atoms with Crippen molar-refractivity contribution in [3.8, 4) is 0 Å². The molecule has 1 aromatic carbocycles. The van der Waals surface area contributed by atoms with Crippen LogP contribution in [0.25, 0.3) is 0 Å². The van der Waals surface area contributed by atoms with Crippen molar-refractivity contribution in [2.24, 2.45) is 0 Å². The average Bonchev–Trinajstić information content (AvgIpc) is 3.07. The molecule has 2 heterocycles. The van der Waals surface area contributed by atoms with Gasteiger partial charge in [-0.3, -0.25) is 4.79 Å². The number of hydrogen-bond acceptors (Lipinski definition) is 6. The van der Waals surface area contributed by atoms with Crippen molar-refractivity contribution in [1.29, 1.82) is 0 Å².